The quantitative estimate of drug-likeness (QED) is 0.674. The van der Waals surface area contributed by atoms with Crippen molar-refractivity contribution in [1.29, 1.82) is 0 Å². The van der Waals surface area contributed by atoms with E-state index in [9.17, 15) is 9.59 Å². The van der Waals surface area contributed by atoms with Crippen LogP contribution in [0.4, 0.5) is 0 Å². The molecule has 0 unspecified atom stereocenters. The van der Waals surface area contributed by atoms with Gasteiger partial charge < -0.3 is 19.7 Å². The molecule has 1 aromatic heterocycles. The van der Waals surface area contributed by atoms with Crippen molar-refractivity contribution >= 4 is 23.2 Å². The highest BCUT2D eigenvalue weighted by molar-refractivity contribution is 7.10. The normalized spacial score (nSPS) is 12.8. The molecule has 0 atom stereocenters. The van der Waals surface area contributed by atoms with Crippen molar-refractivity contribution in [3.8, 4) is 11.5 Å². The van der Waals surface area contributed by atoms with E-state index in [0.717, 1.165) is 18.5 Å². The first-order chi connectivity index (χ1) is 14.1. The summed E-state index contributed by atoms with van der Waals surface area (Å²) >= 11 is 1.75. The number of hydrogen-bond acceptors (Lipinski definition) is 5. The molecule has 154 valence electrons. The third-order valence-corrected chi connectivity index (χ3v) is 5.99. The summed E-state index contributed by atoms with van der Waals surface area (Å²) in [6.45, 7) is 5.43. The lowest BCUT2D eigenvalue weighted by Crippen LogP contribution is -2.37. The molecule has 0 radical (unpaired) electrons. The molecular formula is C22H26N2O4S. The minimum Gasteiger partial charge on any atom is -0.493 e. The Bertz CT molecular complexity index is 906. The number of nitrogens with zero attached hydrogens (tertiary/aromatic N) is 1. The zero-order valence-corrected chi connectivity index (χ0v) is 17.6. The van der Waals surface area contributed by atoms with Crippen LogP contribution in [0.5, 0.6) is 11.5 Å². The second-order valence-electron chi connectivity index (χ2n) is 6.80. The molecule has 0 saturated carbocycles. The Morgan fingerprint density at radius 3 is 2.86 bits per heavy atom. The van der Waals surface area contributed by atoms with Gasteiger partial charge in [0.05, 0.1) is 14.2 Å². The van der Waals surface area contributed by atoms with Crippen LogP contribution in [0, 0.1) is 0 Å². The smallest absolute Gasteiger partial charge is 0.251 e. The predicted molar refractivity (Wildman–Crippen MR) is 114 cm³/mol. The number of carbonyl (C=O) groups is 2. The van der Waals surface area contributed by atoms with Gasteiger partial charge in [0.25, 0.3) is 5.91 Å². The van der Waals surface area contributed by atoms with Crippen molar-refractivity contribution in [3.63, 3.8) is 0 Å². The first-order valence-corrected chi connectivity index (χ1v) is 10.4. The third-order valence-electron chi connectivity index (χ3n) is 4.97. The van der Waals surface area contributed by atoms with E-state index in [2.05, 4.69) is 23.3 Å². The summed E-state index contributed by atoms with van der Waals surface area (Å²) in [6, 6.07) is 5.49. The lowest BCUT2D eigenvalue weighted by molar-refractivity contribution is -0.131. The van der Waals surface area contributed by atoms with Gasteiger partial charge in [-0.05, 0) is 42.0 Å². The molecule has 6 nitrogen and oxygen atoms in total. The molecule has 3 rings (SSSR count). The Morgan fingerprint density at radius 1 is 1.31 bits per heavy atom. The van der Waals surface area contributed by atoms with Crippen molar-refractivity contribution in [2.24, 2.45) is 0 Å². The zero-order chi connectivity index (χ0) is 20.8. The number of hydrogen-bond donors (Lipinski definition) is 1. The van der Waals surface area contributed by atoms with Gasteiger partial charge >= 0.3 is 0 Å². The SMILES string of the molecule is C=CCc1cc(C(=O)NCCC(=O)N2CCc3sccc3C2)cc(OC)c1OC. The van der Waals surface area contributed by atoms with Gasteiger partial charge in [0.15, 0.2) is 11.5 Å². The van der Waals surface area contributed by atoms with Crippen molar-refractivity contribution in [1.82, 2.24) is 10.2 Å². The molecule has 0 aliphatic carbocycles. The zero-order valence-electron chi connectivity index (χ0n) is 16.8. The number of carbonyl (C=O) groups excluding carboxylic acids is 2. The van der Waals surface area contributed by atoms with Crippen molar-refractivity contribution in [2.75, 3.05) is 27.3 Å². The monoisotopic (exact) mass is 414 g/mol. The van der Waals surface area contributed by atoms with Crippen molar-refractivity contribution in [3.05, 3.63) is 57.8 Å². The Hall–Kier alpha value is -2.80. The van der Waals surface area contributed by atoms with Crippen LogP contribution in [0.2, 0.25) is 0 Å². The fourth-order valence-corrected chi connectivity index (χ4v) is 4.38. The number of methoxy groups -OCH3 is 2. The topological polar surface area (TPSA) is 67.9 Å². The molecule has 0 saturated heterocycles. The number of benzene rings is 1. The maximum absolute atomic E-state index is 12.6. The number of ether oxygens (including phenoxy) is 2. The maximum atomic E-state index is 12.6. The lowest BCUT2D eigenvalue weighted by Gasteiger charge is -2.27. The summed E-state index contributed by atoms with van der Waals surface area (Å²) in [4.78, 5) is 28.3. The third kappa shape index (κ3) is 4.79. The number of rotatable bonds is 8. The van der Waals surface area contributed by atoms with Gasteiger partial charge in [0.1, 0.15) is 0 Å². The number of allylic oxidation sites excluding steroid dienone is 1. The molecule has 1 aromatic carbocycles. The molecule has 0 spiro atoms. The Balaban J connectivity index is 1.58. The Kier molecular flexibility index (Phi) is 6.93. The first-order valence-electron chi connectivity index (χ1n) is 9.54. The highest BCUT2D eigenvalue weighted by Gasteiger charge is 2.21. The van der Waals surface area contributed by atoms with E-state index in [4.69, 9.17) is 9.47 Å². The number of thiophene rings is 1. The molecule has 2 aromatic rings. The van der Waals surface area contributed by atoms with Crippen LogP contribution in [0.1, 0.15) is 32.8 Å². The predicted octanol–water partition coefficient (Wildman–Crippen LogP) is 3.20. The molecule has 29 heavy (non-hydrogen) atoms. The van der Waals surface area contributed by atoms with Crippen LogP contribution in [-0.2, 0) is 24.2 Å². The van der Waals surface area contributed by atoms with Crippen LogP contribution in [-0.4, -0.2) is 44.0 Å². The van der Waals surface area contributed by atoms with Crippen molar-refractivity contribution in [2.45, 2.75) is 25.8 Å². The fourth-order valence-electron chi connectivity index (χ4n) is 3.49. The summed E-state index contributed by atoms with van der Waals surface area (Å²) in [6.07, 6.45) is 3.48. The fraction of sp³-hybridized carbons (Fsp3) is 0.364. The second-order valence-corrected chi connectivity index (χ2v) is 7.80. The van der Waals surface area contributed by atoms with E-state index in [-0.39, 0.29) is 24.8 Å². The van der Waals surface area contributed by atoms with E-state index in [1.54, 1.807) is 36.7 Å². The molecule has 0 bridgehead atoms. The van der Waals surface area contributed by atoms with Crippen LogP contribution >= 0.6 is 11.3 Å². The molecule has 1 N–H and O–H groups in total. The Morgan fingerprint density at radius 2 is 2.14 bits per heavy atom. The van der Waals surface area contributed by atoms with Gasteiger partial charge in [-0.25, -0.2) is 0 Å². The highest BCUT2D eigenvalue weighted by Crippen LogP contribution is 2.33. The van der Waals surface area contributed by atoms with E-state index < -0.39 is 0 Å². The number of amides is 2. The van der Waals surface area contributed by atoms with Gasteiger partial charge in [0, 0.05) is 42.1 Å². The highest BCUT2D eigenvalue weighted by atomic mass is 32.1. The van der Waals surface area contributed by atoms with Gasteiger partial charge in [-0.2, -0.15) is 0 Å². The molecular weight excluding hydrogens is 388 g/mol. The number of fused-ring (bicyclic) bond motifs is 1. The summed E-state index contributed by atoms with van der Waals surface area (Å²) < 4.78 is 10.8. The van der Waals surface area contributed by atoms with Gasteiger partial charge in [-0.15, -0.1) is 17.9 Å². The lowest BCUT2D eigenvalue weighted by atomic mass is 10.0. The second kappa shape index (κ2) is 9.60. The molecule has 2 heterocycles. The molecule has 7 heteroatoms. The molecule has 2 amide bonds. The van der Waals surface area contributed by atoms with Crippen molar-refractivity contribution < 1.29 is 19.1 Å². The molecule has 0 fully saturated rings. The largest absolute Gasteiger partial charge is 0.493 e. The summed E-state index contributed by atoms with van der Waals surface area (Å²) in [5.41, 5.74) is 2.52. The molecule has 1 aliphatic rings. The van der Waals surface area contributed by atoms with Gasteiger partial charge in [-0.3, -0.25) is 9.59 Å². The Labute approximate surface area is 175 Å². The molecule has 1 aliphatic heterocycles. The average Bonchev–Trinajstić information content (AvgIpc) is 3.21. The van der Waals surface area contributed by atoms with Gasteiger partial charge in [0.2, 0.25) is 5.91 Å². The van der Waals surface area contributed by atoms with Crippen LogP contribution in [0.25, 0.3) is 0 Å². The van der Waals surface area contributed by atoms with Gasteiger partial charge in [-0.1, -0.05) is 6.08 Å². The average molecular weight is 415 g/mol. The number of nitrogens with one attached hydrogen (secondary N) is 1. The van der Waals surface area contributed by atoms with Crippen LogP contribution in [0.3, 0.4) is 0 Å². The minimum atomic E-state index is -0.247. The minimum absolute atomic E-state index is 0.0572. The maximum Gasteiger partial charge on any atom is 0.251 e. The van der Waals surface area contributed by atoms with E-state index >= 15 is 0 Å². The van der Waals surface area contributed by atoms with E-state index in [0.29, 0.717) is 30.0 Å². The summed E-state index contributed by atoms with van der Waals surface area (Å²) in [5, 5.41) is 4.91. The standard InChI is InChI=1S/C22H26N2O4S/c1-4-5-15-12-17(13-18(27-2)21(15)28-3)22(26)23-9-6-20(25)24-10-7-19-16(14-24)8-11-29-19/h4,8,11-13H,1,5-7,9-10,14H2,2-3H3,(H,23,26). The summed E-state index contributed by atoms with van der Waals surface area (Å²) in [5.74, 6) is 0.898. The van der Waals surface area contributed by atoms with Crippen LogP contribution in [0.15, 0.2) is 36.2 Å². The first kappa shape index (κ1) is 20.9. The summed E-state index contributed by atoms with van der Waals surface area (Å²) in [7, 11) is 3.10. The van der Waals surface area contributed by atoms with E-state index in [1.807, 2.05) is 4.90 Å². The van der Waals surface area contributed by atoms with Crippen LogP contribution < -0.4 is 14.8 Å². The van der Waals surface area contributed by atoms with E-state index in [1.165, 1.54) is 17.6 Å².